The number of aromatic hydroxyl groups is 1. The molecule has 0 fully saturated rings. The number of nitrogens with one attached hydrogen (secondary N) is 2. The average molecular weight is 506 g/mol. The van der Waals surface area contributed by atoms with Gasteiger partial charge in [-0.3, -0.25) is 19.6 Å². The molecule has 0 aromatic heterocycles. The molecule has 0 atom stereocenters. The number of fused-ring (bicyclic) bond motifs is 1. The van der Waals surface area contributed by atoms with E-state index in [-0.39, 0.29) is 58.9 Å². The minimum absolute atomic E-state index is 0.0585. The lowest BCUT2D eigenvalue weighted by Gasteiger charge is -2.24. The van der Waals surface area contributed by atoms with Crippen molar-refractivity contribution in [1.82, 2.24) is 5.43 Å². The maximum Gasteiger partial charge on any atom is 0.275 e. The highest BCUT2D eigenvalue weighted by molar-refractivity contribution is 6.05. The minimum Gasteiger partial charge on any atom is -0.733 e. The van der Waals surface area contributed by atoms with Crippen LogP contribution in [-0.4, -0.2) is 33.6 Å². The van der Waals surface area contributed by atoms with Gasteiger partial charge in [-0.25, -0.2) is 5.43 Å². The van der Waals surface area contributed by atoms with Crippen molar-refractivity contribution < 1.29 is 24.7 Å². The SMILES string of the molecule is CC(C)C/C(CC(=O)CCC(=O)Nc1ccccc1N([O-])O)=N\NC(=O)c1cc2ccccc2cc1O. The van der Waals surface area contributed by atoms with Crippen LogP contribution in [0.3, 0.4) is 0 Å². The summed E-state index contributed by atoms with van der Waals surface area (Å²) in [5, 5.41) is 38.5. The van der Waals surface area contributed by atoms with Gasteiger partial charge in [0.2, 0.25) is 5.91 Å². The second-order valence-electron chi connectivity index (χ2n) is 8.99. The molecular weight excluding hydrogens is 476 g/mol. The fraction of sp³-hybridized carbons (Fsp3) is 0.259. The van der Waals surface area contributed by atoms with Crippen molar-refractivity contribution in [2.24, 2.45) is 11.0 Å². The number of hydrogen-bond acceptors (Lipinski definition) is 8. The molecule has 3 rings (SSSR count). The van der Waals surface area contributed by atoms with Crippen molar-refractivity contribution in [3.8, 4) is 5.75 Å². The largest absolute Gasteiger partial charge is 0.733 e. The number of Topliss-reactive ketones (excluding diaryl/α,β-unsaturated/α-hetero) is 1. The summed E-state index contributed by atoms with van der Waals surface area (Å²) in [5.74, 6) is -1.37. The van der Waals surface area contributed by atoms with Crippen LogP contribution in [0, 0.1) is 11.1 Å². The number of nitrogens with zero attached hydrogens (tertiary/aromatic N) is 2. The fourth-order valence-corrected chi connectivity index (χ4v) is 3.76. The zero-order valence-corrected chi connectivity index (χ0v) is 20.6. The maximum atomic E-state index is 12.7. The summed E-state index contributed by atoms with van der Waals surface area (Å²) in [6.07, 6.45) is 0.177. The van der Waals surface area contributed by atoms with E-state index in [1.165, 1.54) is 24.3 Å². The molecule has 2 amide bonds. The Bertz CT molecular complexity index is 1320. The highest BCUT2D eigenvalue weighted by atomic mass is 16.8. The number of ketones is 1. The van der Waals surface area contributed by atoms with E-state index in [1.807, 2.05) is 38.1 Å². The number of anilines is 2. The molecule has 0 bridgehead atoms. The summed E-state index contributed by atoms with van der Waals surface area (Å²) in [5.41, 5.74) is 2.94. The molecule has 0 spiro atoms. The van der Waals surface area contributed by atoms with Crippen molar-refractivity contribution in [2.45, 2.75) is 39.5 Å². The van der Waals surface area contributed by atoms with Gasteiger partial charge in [0.15, 0.2) is 0 Å². The molecule has 194 valence electrons. The lowest BCUT2D eigenvalue weighted by molar-refractivity contribution is -0.122. The summed E-state index contributed by atoms with van der Waals surface area (Å²) < 4.78 is 0. The molecule has 3 aromatic rings. The molecule has 10 heteroatoms. The third-order valence-corrected chi connectivity index (χ3v) is 5.48. The Balaban J connectivity index is 1.61. The Labute approximate surface area is 214 Å². The first-order valence-electron chi connectivity index (χ1n) is 11.8. The maximum absolute atomic E-state index is 12.7. The van der Waals surface area contributed by atoms with Gasteiger partial charge in [-0.1, -0.05) is 50.2 Å². The molecule has 0 saturated carbocycles. The molecule has 37 heavy (non-hydrogen) atoms. The number of para-hydroxylation sites is 2. The zero-order valence-electron chi connectivity index (χ0n) is 20.6. The number of amides is 2. The number of carbonyl (C=O) groups is 3. The van der Waals surface area contributed by atoms with Crippen LogP contribution in [0.15, 0.2) is 65.8 Å². The lowest BCUT2D eigenvalue weighted by atomic mass is 10.0. The van der Waals surface area contributed by atoms with Crippen molar-refractivity contribution in [2.75, 3.05) is 10.5 Å². The van der Waals surface area contributed by atoms with Crippen LogP contribution in [0.2, 0.25) is 0 Å². The number of hydrazone groups is 1. The molecule has 0 heterocycles. The van der Waals surface area contributed by atoms with Gasteiger partial charge >= 0.3 is 0 Å². The normalized spacial score (nSPS) is 11.4. The Morgan fingerprint density at radius 1 is 1.00 bits per heavy atom. The third-order valence-electron chi connectivity index (χ3n) is 5.48. The van der Waals surface area contributed by atoms with Gasteiger partial charge in [-0.05, 0) is 47.4 Å². The van der Waals surface area contributed by atoms with Crippen molar-refractivity contribution in [1.29, 1.82) is 0 Å². The first-order chi connectivity index (χ1) is 17.6. The highest BCUT2D eigenvalue weighted by Crippen LogP contribution is 2.25. The van der Waals surface area contributed by atoms with E-state index >= 15 is 0 Å². The van der Waals surface area contributed by atoms with Gasteiger partial charge in [0.1, 0.15) is 11.5 Å². The van der Waals surface area contributed by atoms with Gasteiger partial charge in [0.25, 0.3) is 5.91 Å². The zero-order chi connectivity index (χ0) is 26.9. The van der Waals surface area contributed by atoms with Crippen LogP contribution in [0.25, 0.3) is 10.8 Å². The van der Waals surface area contributed by atoms with Gasteiger partial charge in [0, 0.05) is 25.0 Å². The molecular formula is C27H29N4O6-. The Morgan fingerprint density at radius 3 is 2.32 bits per heavy atom. The van der Waals surface area contributed by atoms with Gasteiger partial charge in [0.05, 0.1) is 16.9 Å². The highest BCUT2D eigenvalue weighted by Gasteiger charge is 2.16. The Kier molecular flexibility index (Phi) is 9.31. The Morgan fingerprint density at radius 2 is 1.65 bits per heavy atom. The number of carbonyl (C=O) groups excluding carboxylic acids is 3. The van der Waals surface area contributed by atoms with E-state index < -0.39 is 11.8 Å². The van der Waals surface area contributed by atoms with E-state index in [0.29, 0.717) is 12.1 Å². The van der Waals surface area contributed by atoms with E-state index in [9.17, 15) is 24.7 Å². The van der Waals surface area contributed by atoms with Crippen molar-refractivity contribution >= 4 is 45.5 Å². The second kappa shape index (κ2) is 12.6. The summed E-state index contributed by atoms with van der Waals surface area (Å²) in [4.78, 5) is 37.5. The predicted molar refractivity (Wildman–Crippen MR) is 142 cm³/mol. The number of phenolic OH excluding ortho intramolecular Hbond substituents is 1. The van der Waals surface area contributed by atoms with Crippen molar-refractivity contribution in [3.05, 3.63) is 71.4 Å². The van der Waals surface area contributed by atoms with Gasteiger partial charge in [-0.2, -0.15) is 5.10 Å². The van der Waals surface area contributed by atoms with Gasteiger partial charge < -0.3 is 20.9 Å². The molecule has 0 aliphatic heterocycles. The predicted octanol–water partition coefficient (Wildman–Crippen LogP) is 4.75. The first kappa shape index (κ1) is 27.3. The minimum atomic E-state index is -0.605. The summed E-state index contributed by atoms with van der Waals surface area (Å²) in [6.45, 7) is 3.89. The van der Waals surface area contributed by atoms with Crippen LogP contribution in [-0.2, 0) is 9.59 Å². The van der Waals surface area contributed by atoms with E-state index in [4.69, 9.17) is 5.21 Å². The molecule has 0 radical (unpaired) electrons. The van der Waals surface area contributed by atoms with E-state index in [0.717, 1.165) is 10.8 Å². The van der Waals surface area contributed by atoms with Crippen LogP contribution in [0.4, 0.5) is 11.4 Å². The smallest absolute Gasteiger partial charge is 0.275 e. The average Bonchev–Trinajstić information content (AvgIpc) is 2.85. The van der Waals surface area contributed by atoms with Crippen LogP contribution >= 0.6 is 0 Å². The van der Waals surface area contributed by atoms with Crippen molar-refractivity contribution in [3.63, 3.8) is 0 Å². The lowest BCUT2D eigenvalue weighted by Crippen LogP contribution is -2.22. The molecule has 0 unspecified atom stereocenters. The quantitative estimate of drug-likeness (QED) is 0.217. The standard InChI is InChI=1S/C27H29N4O6/c1-17(2)13-20(29-30-27(35)22-14-18-7-3-4-8-19(18)15-25(22)33)16-21(32)11-12-26(34)28-23-9-5-6-10-24(23)31(36)37/h3-10,14-15,17,33,36H,11-13,16H2,1-2H3,(H,28,34)(H,30,35)/q-1/b29-20+. The Hall–Kier alpha value is -4.28. The van der Waals surface area contributed by atoms with Crippen LogP contribution in [0.1, 0.15) is 49.9 Å². The topological polar surface area (TPSA) is 154 Å². The summed E-state index contributed by atoms with van der Waals surface area (Å²) >= 11 is 0. The number of rotatable bonds is 11. The molecule has 4 N–H and O–H groups in total. The number of phenols is 1. The second-order valence-corrected chi connectivity index (χ2v) is 8.99. The first-order valence-corrected chi connectivity index (χ1v) is 11.8. The van der Waals surface area contributed by atoms with Gasteiger partial charge in [-0.15, -0.1) is 0 Å². The molecule has 10 nitrogen and oxygen atoms in total. The van der Waals surface area contributed by atoms with E-state index in [2.05, 4.69) is 15.8 Å². The van der Waals surface area contributed by atoms with E-state index in [1.54, 1.807) is 12.1 Å². The summed E-state index contributed by atoms with van der Waals surface area (Å²) in [7, 11) is 0. The molecule has 0 saturated heterocycles. The monoisotopic (exact) mass is 505 g/mol. The third kappa shape index (κ3) is 7.86. The molecule has 0 aliphatic carbocycles. The number of benzene rings is 3. The molecule has 0 aliphatic rings. The fourth-order valence-electron chi connectivity index (χ4n) is 3.76. The molecule has 3 aromatic carbocycles. The van der Waals surface area contributed by atoms with Crippen LogP contribution in [0.5, 0.6) is 5.75 Å². The number of hydrogen-bond donors (Lipinski definition) is 4. The summed E-state index contributed by atoms with van der Waals surface area (Å²) in [6, 6.07) is 16.3. The van der Waals surface area contributed by atoms with Crippen LogP contribution < -0.4 is 16.0 Å².